The van der Waals surface area contributed by atoms with Gasteiger partial charge in [-0.25, -0.2) is 0 Å². The molecule has 0 radical (unpaired) electrons. The molecule has 1 N–H and O–H groups in total. The monoisotopic (exact) mass is 271 g/mol. The molecule has 0 amide bonds. The summed E-state index contributed by atoms with van der Waals surface area (Å²) < 4.78 is 2.07. The molecule has 1 heterocycles. The molecular formula is C17H21NO2. The van der Waals surface area contributed by atoms with Crippen LogP contribution < -0.4 is 0 Å². The Labute approximate surface area is 119 Å². The number of carbonyl (C=O) groups excluding carboxylic acids is 1. The topological polar surface area (TPSA) is 42.2 Å². The molecule has 0 aliphatic carbocycles. The molecule has 0 saturated heterocycles. The molecule has 1 aromatic heterocycles. The van der Waals surface area contributed by atoms with Crippen molar-refractivity contribution in [3.63, 3.8) is 0 Å². The Morgan fingerprint density at radius 3 is 2.10 bits per heavy atom. The third-order valence-electron chi connectivity index (χ3n) is 4.58. The van der Waals surface area contributed by atoms with Crippen LogP contribution in [0, 0.1) is 34.6 Å². The van der Waals surface area contributed by atoms with Gasteiger partial charge in [0.05, 0.1) is 17.3 Å². The Hall–Kier alpha value is -2.03. The lowest BCUT2D eigenvalue weighted by Gasteiger charge is -2.13. The zero-order valence-corrected chi connectivity index (χ0v) is 13.0. The molecule has 0 bridgehead atoms. The lowest BCUT2D eigenvalue weighted by atomic mass is 9.92. The summed E-state index contributed by atoms with van der Waals surface area (Å²) in [7, 11) is 1.98. The Morgan fingerprint density at radius 1 is 1.00 bits per heavy atom. The van der Waals surface area contributed by atoms with E-state index < -0.39 is 0 Å². The summed E-state index contributed by atoms with van der Waals surface area (Å²) in [6.07, 6.45) is 2.02. The number of hydrogen-bond acceptors (Lipinski definition) is 2. The summed E-state index contributed by atoms with van der Waals surface area (Å²) in [4.78, 5) is 12.3. The minimum Gasteiger partial charge on any atom is -0.515 e. The van der Waals surface area contributed by atoms with Crippen molar-refractivity contribution in [2.24, 2.45) is 7.05 Å². The SMILES string of the molecule is Cc1c(C)c(C)c2c(c1C)c(C(=O)C=CO)c(C)n2C. The number of aliphatic hydroxyl groups excluding tert-OH is 1. The maximum absolute atomic E-state index is 12.3. The third kappa shape index (κ3) is 1.77. The van der Waals surface area contributed by atoms with E-state index in [1.54, 1.807) is 0 Å². The fraction of sp³-hybridized carbons (Fsp3) is 0.353. The molecule has 106 valence electrons. The van der Waals surface area contributed by atoms with Crippen molar-refractivity contribution in [1.29, 1.82) is 0 Å². The van der Waals surface area contributed by atoms with Gasteiger partial charge in [0.25, 0.3) is 0 Å². The molecule has 3 nitrogen and oxygen atoms in total. The number of carbonyl (C=O) groups is 1. The predicted octanol–water partition coefficient (Wildman–Crippen LogP) is 3.97. The van der Waals surface area contributed by atoms with Gasteiger partial charge in [-0.1, -0.05) is 0 Å². The first-order valence-corrected chi connectivity index (χ1v) is 6.73. The number of aliphatic hydroxyl groups is 1. The molecule has 0 fully saturated rings. The van der Waals surface area contributed by atoms with Crippen LogP contribution in [0.2, 0.25) is 0 Å². The van der Waals surface area contributed by atoms with E-state index in [0.717, 1.165) is 28.4 Å². The fourth-order valence-electron chi connectivity index (χ4n) is 2.99. The van der Waals surface area contributed by atoms with Crippen molar-refractivity contribution >= 4 is 16.7 Å². The number of aromatic nitrogens is 1. The van der Waals surface area contributed by atoms with Crippen molar-refractivity contribution < 1.29 is 9.90 Å². The molecular weight excluding hydrogens is 250 g/mol. The number of allylic oxidation sites excluding steroid dienone is 1. The van der Waals surface area contributed by atoms with Gasteiger partial charge in [-0.05, 0) is 56.9 Å². The largest absolute Gasteiger partial charge is 0.515 e. The van der Waals surface area contributed by atoms with E-state index in [2.05, 4.69) is 32.3 Å². The van der Waals surface area contributed by atoms with E-state index in [4.69, 9.17) is 5.11 Å². The summed E-state index contributed by atoms with van der Waals surface area (Å²) in [6, 6.07) is 0. The molecule has 0 saturated carbocycles. The highest BCUT2D eigenvalue weighted by Crippen LogP contribution is 2.35. The average molecular weight is 271 g/mol. The Kier molecular flexibility index (Phi) is 3.46. The van der Waals surface area contributed by atoms with Crippen LogP contribution in [-0.2, 0) is 7.05 Å². The first-order valence-electron chi connectivity index (χ1n) is 6.73. The van der Waals surface area contributed by atoms with Gasteiger partial charge in [-0.2, -0.15) is 0 Å². The summed E-state index contributed by atoms with van der Waals surface area (Å²) >= 11 is 0. The van der Waals surface area contributed by atoms with Crippen molar-refractivity contribution in [2.45, 2.75) is 34.6 Å². The molecule has 0 aliphatic heterocycles. The highest BCUT2D eigenvalue weighted by Gasteiger charge is 2.22. The first kappa shape index (κ1) is 14.4. The van der Waals surface area contributed by atoms with Gasteiger partial charge < -0.3 is 9.67 Å². The van der Waals surface area contributed by atoms with Crippen LogP contribution in [0.4, 0.5) is 0 Å². The van der Waals surface area contributed by atoms with Gasteiger partial charge in [0.15, 0.2) is 5.78 Å². The van der Waals surface area contributed by atoms with Gasteiger partial charge in [0, 0.05) is 24.2 Å². The van der Waals surface area contributed by atoms with Crippen molar-refractivity contribution in [1.82, 2.24) is 4.57 Å². The van der Waals surface area contributed by atoms with Crippen LogP contribution in [-0.4, -0.2) is 15.5 Å². The van der Waals surface area contributed by atoms with Gasteiger partial charge in [-0.3, -0.25) is 4.79 Å². The number of fused-ring (bicyclic) bond motifs is 1. The summed E-state index contributed by atoms with van der Waals surface area (Å²) in [6.45, 7) is 10.3. The normalized spacial score (nSPS) is 11.7. The van der Waals surface area contributed by atoms with E-state index in [1.807, 2.05) is 14.0 Å². The Morgan fingerprint density at radius 2 is 1.55 bits per heavy atom. The van der Waals surface area contributed by atoms with Crippen molar-refractivity contribution in [2.75, 3.05) is 0 Å². The Balaban J connectivity index is 3.05. The van der Waals surface area contributed by atoms with Gasteiger partial charge in [0.2, 0.25) is 0 Å². The van der Waals surface area contributed by atoms with E-state index in [1.165, 1.54) is 22.8 Å². The lowest BCUT2D eigenvalue weighted by molar-refractivity contribution is 0.104. The summed E-state index contributed by atoms with van der Waals surface area (Å²) in [5, 5.41) is 9.89. The van der Waals surface area contributed by atoms with Crippen molar-refractivity contribution in [3.8, 4) is 0 Å². The first-order chi connectivity index (χ1) is 9.32. The van der Waals surface area contributed by atoms with E-state index in [9.17, 15) is 4.79 Å². The minimum atomic E-state index is -0.152. The predicted molar refractivity (Wildman–Crippen MR) is 82.7 cm³/mol. The summed E-state index contributed by atoms with van der Waals surface area (Å²) in [5.41, 5.74) is 7.57. The molecule has 2 aromatic rings. The molecule has 0 unspecified atom stereocenters. The number of benzene rings is 1. The molecule has 1 aromatic carbocycles. The van der Waals surface area contributed by atoms with Crippen LogP contribution in [0.1, 0.15) is 38.3 Å². The van der Waals surface area contributed by atoms with Crippen LogP contribution in [0.3, 0.4) is 0 Å². The zero-order chi connectivity index (χ0) is 15.2. The molecule has 3 heteroatoms. The van der Waals surface area contributed by atoms with Gasteiger partial charge in [-0.15, -0.1) is 0 Å². The molecule has 0 spiro atoms. The van der Waals surface area contributed by atoms with Gasteiger partial charge in [0.1, 0.15) is 0 Å². The smallest absolute Gasteiger partial charge is 0.191 e. The average Bonchev–Trinajstić information content (AvgIpc) is 2.67. The number of hydrogen-bond donors (Lipinski definition) is 1. The quantitative estimate of drug-likeness (QED) is 0.510. The second-order valence-corrected chi connectivity index (χ2v) is 5.42. The maximum Gasteiger partial charge on any atom is 0.191 e. The van der Waals surface area contributed by atoms with Gasteiger partial charge >= 0.3 is 0 Å². The Bertz CT molecular complexity index is 749. The molecule has 0 atom stereocenters. The number of ketones is 1. The van der Waals surface area contributed by atoms with Crippen LogP contribution in [0.25, 0.3) is 10.9 Å². The fourth-order valence-corrected chi connectivity index (χ4v) is 2.99. The lowest BCUT2D eigenvalue weighted by Crippen LogP contribution is -1.99. The second kappa shape index (κ2) is 4.82. The maximum atomic E-state index is 12.3. The van der Waals surface area contributed by atoms with Crippen LogP contribution >= 0.6 is 0 Å². The zero-order valence-electron chi connectivity index (χ0n) is 13.0. The van der Waals surface area contributed by atoms with Crippen LogP contribution in [0.15, 0.2) is 12.3 Å². The van der Waals surface area contributed by atoms with E-state index in [-0.39, 0.29) is 5.78 Å². The summed E-state index contributed by atoms with van der Waals surface area (Å²) in [5.74, 6) is -0.152. The molecule has 20 heavy (non-hydrogen) atoms. The highest BCUT2D eigenvalue weighted by atomic mass is 16.2. The minimum absolute atomic E-state index is 0.152. The number of rotatable bonds is 2. The number of nitrogens with zero attached hydrogens (tertiary/aromatic N) is 1. The molecule has 0 aliphatic rings. The van der Waals surface area contributed by atoms with E-state index in [0.29, 0.717) is 5.56 Å². The molecule has 2 rings (SSSR count). The second-order valence-electron chi connectivity index (χ2n) is 5.42. The van der Waals surface area contributed by atoms with Crippen LogP contribution in [0.5, 0.6) is 0 Å². The third-order valence-corrected chi connectivity index (χ3v) is 4.58. The standard InChI is InChI=1S/C17H21NO2/c1-9-10(2)12(4)17-15(11(9)3)16(13(5)18(17)6)14(20)7-8-19/h7-8,19H,1-6H3. The van der Waals surface area contributed by atoms with E-state index >= 15 is 0 Å². The number of aryl methyl sites for hydroxylation is 3. The van der Waals surface area contributed by atoms with Crippen molar-refractivity contribution in [3.05, 3.63) is 45.8 Å². The highest BCUT2D eigenvalue weighted by molar-refractivity contribution is 6.16.